The zero-order valence-corrected chi connectivity index (χ0v) is 13.2. The minimum absolute atomic E-state index is 0.0538. The first kappa shape index (κ1) is 15.8. The Morgan fingerprint density at radius 3 is 2.82 bits per heavy atom. The third kappa shape index (κ3) is 3.74. The van der Waals surface area contributed by atoms with Gasteiger partial charge < -0.3 is 9.15 Å². The van der Waals surface area contributed by atoms with Gasteiger partial charge in [-0.05, 0) is 18.2 Å². The lowest BCUT2D eigenvalue weighted by Crippen LogP contribution is -2.06. The highest BCUT2D eigenvalue weighted by Gasteiger charge is 2.12. The number of nitrogens with zero attached hydrogens (tertiary/aromatic N) is 1. The fourth-order valence-corrected chi connectivity index (χ4v) is 2.21. The van der Waals surface area contributed by atoms with Gasteiger partial charge in [0.05, 0.1) is 0 Å². The lowest BCUT2D eigenvalue weighted by Gasteiger charge is -2.00. The molecule has 1 heterocycles. The molecule has 0 spiro atoms. The van der Waals surface area contributed by atoms with Crippen molar-refractivity contribution in [3.63, 3.8) is 0 Å². The first-order chi connectivity index (χ1) is 10.7. The third-order valence-corrected chi connectivity index (χ3v) is 3.42. The van der Waals surface area contributed by atoms with Crippen molar-refractivity contribution in [2.24, 2.45) is 0 Å². The number of benzene rings is 1. The van der Waals surface area contributed by atoms with Crippen molar-refractivity contribution in [1.29, 1.82) is 5.26 Å². The number of esters is 1. The summed E-state index contributed by atoms with van der Waals surface area (Å²) >= 11 is 3.45. The molecule has 0 unspecified atom stereocenters. The number of ether oxygens (including phenoxy) is 1. The van der Waals surface area contributed by atoms with Gasteiger partial charge in [0.1, 0.15) is 29.8 Å². The average Bonchev–Trinajstić information content (AvgIpc) is 2.99. The number of nitriles is 1. The summed E-state index contributed by atoms with van der Waals surface area (Å²) in [6, 6.07) is 12.9. The second-order valence-electron chi connectivity index (χ2n) is 4.24. The van der Waals surface area contributed by atoms with E-state index < -0.39 is 5.97 Å². The van der Waals surface area contributed by atoms with E-state index in [1.165, 1.54) is 12.2 Å². The number of halogens is 1. The summed E-state index contributed by atoms with van der Waals surface area (Å²) in [5.74, 6) is 0.328. The van der Waals surface area contributed by atoms with Crippen LogP contribution in [0.4, 0.5) is 0 Å². The van der Waals surface area contributed by atoms with Gasteiger partial charge >= 0.3 is 5.97 Å². The van der Waals surface area contributed by atoms with E-state index in [4.69, 9.17) is 14.4 Å². The molecular weight excluding hydrogens is 346 g/mol. The van der Waals surface area contributed by atoms with Gasteiger partial charge in [-0.3, -0.25) is 0 Å². The summed E-state index contributed by atoms with van der Waals surface area (Å²) in [6.07, 6.45) is 2.79. The molecule has 0 amide bonds. The second kappa shape index (κ2) is 7.43. The van der Waals surface area contributed by atoms with Crippen LogP contribution in [-0.2, 0) is 9.53 Å². The minimum atomic E-state index is -0.707. The molecule has 1 aromatic carbocycles. The van der Waals surface area contributed by atoms with E-state index in [0.29, 0.717) is 11.5 Å². The van der Waals surface area contributed by atoms with Crippen LogP contribution in [0.5, 0.6) is 0 Å². The van der Waals surface area contributed by atoms with Crippen LogP contribution in [0.2, 0.25) is 0 Å². The molecule has 0 atom stereocenters. The van der Waals surface area contributed by atoms with E-state index in [1.54, 1.807) is 18.2 Å². The molecule has 0 fully saturated rings. The Hall–Kier alpha value is -2.58. The lowest BCUT2D eigenvalue weighted by molar-refractivity contribution is -0.137. The SMILES string of the molecule is C=CCOC(=O)/C(C#N)=C/c1ccc(-c2ccccc2Br)o1. The maximum Gasteiger partial charge on any atom is 0.349 e. The van der Waals surface area contributed by atoms with Gasteiger partial charge in [-0.25, -0.2) is 4.79 Å². The van der Waals surface area contributed by atoms with Crippen molar-refractivity contribution < 1.29 is 13.9 Å². The van der Waals surface area contributed by atoms with Crippen molar-refractivity contribution >= 4 is 28.0 Å². The highest BCUT2D eigenvalue weighted by atomic mass is 79.9. The highest BCUT2D eigenvalue weighted by molar-refractivity contribution is 9.10. The third-order valence-electron chi connectivity index (χ3n) is 2.73. The Balaban J connectivity index is 2.26. The molecule has 0 aliphatic rings. The van der Waals surface area contributed by atoms with E-state index >= 15 is 0 Å². The van der Waals surface area contributed by atoms with Crippen LogP contribution < -0.4 is 0 Å². The first-order valence-corrected chi connectivity index (χ1v) is 7.19. The molecule has 22 heavy (non-hydrogen) atoms. The normalized spacial score (nSPS) is 10.8. The maximum atomic E-state index is 11.7. The molecule has 2 rings (SSSR count). The van der Waals surface area contributed by atoms with Gasteiger partial charge in [-0.1, -0.05) is 46.8 Å². The molecule has 0 saturated heterocycles. The van der Waals surface area contributed by atoms with Crippen LogP contribution in [0.15, 0.2) is 63.5 Å². The van der Waals surface area contributed by atoms with Crippen LogP contribution >= 0.6 is 15.9 Å². The molecule has 5 heteroatoms. The summed E-state index contributed by atoms with van der Waals surface area (Å²) < 4.78 is 11.4. The largest absolute Gasteiger partial charge is 0.457 e. The van der Waals surface area contributed by atoms with E-state index in [1.807, 2.05) is 24.3 Å². The molecule has 1 aromatic heterocycles. The van der Waals surface area contributed by atoms with E-state index in [-0.39, 0.29) is 12.2 Å². The Morgan fingerprint density at radius 2 is 2.14 bits per heavy atom. The molecule has 2 aromatic rings. The fraction of sp³-hybridized carbons (Fsp3) is 0.0588. The monoisotopic (exact) mass is 357 g/mol. The lowest BCUT2D eigenvalue weighted by atomic mass is 10.2. The van der Waals surface area contributed by atoms with Crippen LogP contribution in [0.3, 0.4) is 0 Å². The smallest absolute Gasteiger partial charge is 0.349 e. The molecule has 0 aliphatic heterocycles. The predicted octanol–water partition coefficient (Wildman–Crippen LogP) is 4.35. The summed E-state index contributed by atoms with van der Waals surface area (Å²) in [6.45, 7) is 3.50. The van der Waals surface area contributed by atoms with E-state index in [9.17, 15) is 4.79 Å². The molecule has 0 bridgehead atoms. The quantitative estimate of drug-likeness (QED) is 0.345. The Labute approximate surface area is 136 Å². The molecule has 110 valence electrons. The maximum absolute atomic E-state index is 11.7. The first-order valence-electron chi connectivity index (χ1n) is 6.40. The number of carbonyl (C=O) groups is 1. The van der Waals surface area contributed by atoms with Crippen molar-refractivity contribution in [1.82, 2.24) is 0 Å². The Morgan fingerprint density at radius 1 is 1.36 bits per heavy atom. The van der Waals surface area contributed by atoms with E-state index in [2.05, 4.69) is 22.5 Å². The standard InChI is InChI=1S/C17H12BrNO3/c1-2-9-21-17(20)12(11-19)10-13-7-8-16(22-13)14-5-3-4-6-15(14)18/h2-8,10H,1,9H2/b12-10+. The van der Waals surface area contributed by atoms with E-state index in [0.717, 1.165) is 10.0 Å². The summed E-state index contributed by atoms with van der Waals surface area (Å²) in [4.78, 5) is 11.7. The number of hydrogen-bond acceptors (Lipinski definition) is 4. The van der Waals surface area contributed by atoms with Gasteiger partial charge in [-0.15, -0.1) is 0 Å². The molecule has 0 aliphatic carbocycles. The molecule has 0 N–H and O–H groups in total. The zero-order chi connectivity index (χ0) is 15.9. The zero-order valence-electron chi connectivity index (χ0n) is 11.6. The molecule has 0 radical (unpaired) electrons. The fourth-order valence-electron chi connectivity index (χ4n) is 1.73. The molecular formula is C17H12BrNO3. The number of furan rings is 1. The summed E-state index contributed by atoms with van der Waals surface area (Å²) in [7, 11) is 0. The van der Waals surface area contributed by atoms with Gasteiger partial charge in [0.2, 0.25) is 0 Å². The van der Waals surface area contributed by atoms with Crippen LogP contribution in [0, 0.1) is 11.3 Å². The van der Waals surface area contributed by atoms with Gasteiger partial charge in [0.25, 0.3) is 0 Å². The molecule has 4 nitrogen and oxygen atoms in total. The number of carbonyl (C=O) groups excluding carboxylic acids is 1. The van der Waals surface area contributed by atoms with Gasteiger partial charge in [0, 0.05) is 16.1 Å². The second-order valence-corrected chi connectivity index (χ2v) is 5.09. The Kier molecular flexibility index (Phi) is 5.34. The summed E-state index contributed by atoms with van der Waals surface area (Å²) in [5, 5.41) is 9.03. The van der Waals surface area contributed by atoms with Gasteiger partial charge in [-0.2, -0.15) is 5.26 Å². The van der Waals surface area contributed by atoms with Crippen LogP contribution in [-0.4, -0.2) is 12.6 Å². The van der Waals surface area contributed by atoms with Gasteiger partial charge in [0.15, 0.2) is 0 Å². The van der Waals surface area contributed by atoms with Crippen molar-refractivity contribution in [2.75, 3.05) is 6.61 Å². The van der Waals surface area contributed by atoms with Crippen molar-refractivity contribution in [2.45, 2.75) is 0 Å². The highest BCUT2D eigenvalue weighted by Crippen LogP contribution is 2.29. The van der Waals surface area contributed by atoms with Crippen molar-refractivity contribution in [3.8, 4) is 17.4 Å². The van der Waals surface area contributed by atoms with Crippen LogP contribution in [0.1, 0.15) is 5.76 Å². The summed E-state index contributed by atoms with van der Waals surface area (Å²) in [5.41, 5.74) is 0.754. The topological polar surface area (TPSA) is 63.2 Å². The number of hydrogen-bond donors (Lipinski definition) is 0. The number of rotatable bonds is 5. The van der Waals surface area contributed by atoms with Crippen LogP contribution in [0.25, 0.3) is 17.4 Å². The Bertz CT molecular complexity index is 768. The average molecular weight is 358 g/mol. The minimum Gasteiger partial charge on any atom is -0.457 e. The predicted molar refractivity (Wildman–Crippen MR) is 86.6 cm³/mol. The molecule has 0 saturated carbocycles. The van der Waals surface area contributed by atoms with Crippen molar-refractivity contribution in [3.05, 3.63) is 64.9 Å².